The molecule has 0 atom stereocenters. The van der Waals surface area contributed by atoms with Crippen LogP contribution < -0.4 is 15.0 Å². The highest BCUT2D eigenvalue weighted by molar-refractivity contribution is 5.89. The van der Waals surface area contributed by atoms with Crippen LogP contribution in [0.5, 0.6) is 17.2 Å². The number of nitrogens with zero attached hydrogens (tertiary/aromatic N) is 1. The number of benzene rings is 2. The molecule has 30 heavy (non-hydrogen) atoms. The number of rotatable bonds is 10. The molecule has 0 fully saturated rings. The number of phenolic OH excluding ortho intramolecular Hbond substituents is 1. The van der Waals surface area contributed by atoms with Gasteiger partial charge in [0.15, 0.2) is 5.75 Å². The fraction of sp³-hybridized carbons (Fsp3) is 0.400. The molecule has 0 saturated heterocycles. The van der Waals surface area contributed by atoms with E-state index in [2.05, 4.69) is 6.92 Å². The van der Waals surface area contributed by atoms with E-state index in [4.69, 9.17) is 9.47 Å². The number of fused-ring (bicyclic) bond motifs is 1. The summed E-state index contributed by atoms with van der Waals surface area (Å²) in [6, 6.07) is 14.7. The monoisotopic (exact) mass is 409 g/mol. The predicted molar refractivity (Wildman–Crippen MR) is 121 cm³/mol. The largest absolute Gasteiger partial charge is 0.508 e. The Morgan fingerprint density at radius 3 is 2.43 bits per heavy atom. The number of phenols is 1. The SMILES string of the molecule is CCCCCCOc1c(OCc2ccccc2)c2ccc(O)cc2n(C(C)C)c1=O. The average Bonchev–Trinajstić information content (AvgIpc) is 2.73. The van der Waals surface area contributed by atoms with Crippen molar-refractivity contribution < 1.29 is 14.6 Å². The Balaban J connectivity index is 2.05. The highest BCUT2D eigenvalue weighted by atomic mass is 16.5. The van der Waals surface area contributed by atoms with E-state index in [0.29, 0.717) is 24.5 Å². The van der Waals surface area contributed by atoms with Gasteiger partial charge in [0.1, 0.15) is 12.4 Å². The molecule has 0 radical (unpaired) electrons. The lowest BCUT2D eigenvalue weighted by Crippen LogP contribution is -2.25. The molecule has 5 heteroatoms. The molecule has 2 aromatic carbocycles. The second-order valence-corrected chi connectivity index (χ2v) is 7.81. The predicted octanol–water partition coefficient (Wildman–Crippen LogP) is 5.83. The normalized spacial score (nSPS) is 11.2. The zero-order valence-corrected chi connectivity index (χ0v) is 18.1. The third-order valence-corrected chi connectivity index (χ3v) is 5.09. The fourth-order valence-corrected chi connectivity index (χ4v) is 3.57. The van der Waals surface area contributed by atoms with Crippen molar-refractivity contribution in [2.45, 2.75) is 59.1 Å². The van der Waals surface area contributed by atoms with E-state index < -0.39 is 0 Å². The van der Waals surface area contributed by atoms with Gasteiger partial charge in [-0.1, -0.05) is 56.5 Å². The summed E-state index contributed by atoms with van der Waals surface area (Å²) in [6.45, 7) is 6.85. The highest BCUT2D eigenvalue weighted by Crippen LogP contribution is 2.36. The number of hydrogen-bond donors (Lipinski definition) is 1. The Bertz CT molecular complexity index is 1020. The molecule has 0 aliphatic carbocycles. The molecule has 3 rings (SSSR count). The molecule has 0 saturated carbocycles. The Kier molecular flexibility index (Phi) is 7.39. The lowest BCUT2D eigenvalue weighted by molar-refractivity contribution is 0.255. The smallest absolute Gasteiger partial charge is 0.297 e. The molecule has 5 nitrogen and oxygen atoms in total. The van der Waals surface area contributed by atoms with Crippen LogP contribution in [0.25, 0.3) is 10.9 Å². The minimum Gasteiger partial charge on any atom is -0.508 e. The van der Waals surface area contributed by atoms with Crippen LogP contribution in [0.4, 0.5) is 0 Å². The Morgan fingerprint density at radius 1 is 0.967 bits per heavy atom. The van der Waals surface area contributed by atoms with Crippen LogP contribution >= 0.6 is 0 Å². The van der Waals surface area contributed by atoms with Gasteiger partial charge in [-0.3, -0.25) is 4.79 Å². The lowest BCUT2D eigenvalue weighted by Gasteiger charge is -2.20. The zero-order chi connectivity index (χ0) is 21.5. The van der Waals surface area contributed by atoms with Gasteiger partial charge in [0.05, 0.1) is 12.1 Å². The highest BCUT2D eigenvalue weighted by Gasteiger charge is 2.21. The fourth-order valence-electron chi connectivity index (χ4n) is 3.57. The van der Waals surface area contributed by atoms with E-state index in [0.717, 1.165) is 36.6 Å². The third-order valence-electron chi connectivity index (χ3n) is 5.09. The molecule has 0 aliphatic rings. The van der Waals surface area contributed by atoms with Crippen molar-refractivity contribution in [2.75, 3.05) is 6.61 Å². The Labute approximate surface area is 177 Å². The van der Waals surface area contributed by atoms with Crippen LogP contribution in [-0.2, 0) is 6.61 Å². The van der Waals surface area contributed by atoms with Gasteiger partial charge < -0.3 is 19.1 Å². The van der Waals surface area contributed by atoms with Crippen molar-refractivity contribution in [3.63, 3.8) is 0 Å². The number of unbranched alkanes of at least 4 members (excludes halogenated alkanes) is 3. The maximum Gasteiger partial charge on any atom is 0.297 e. The van der Waals surface area contributed by atoms with E-state index in [-0.39, 0.29) is 23.1 Å². The molecule has 0 aliphatic heterocycles. The van der Waals surface area contributed by atoms with Crippen LogP contribution in [0.1, 0.15) is 58.1 Å². The summed E-state index contributed by atoms with van der Waals surface area (Å²) in [5, 5.41) is 10.8. The number of hydrogen-bond acceptors (Lipinski definition) is 4. The molecule has 1 heterocycles. The summed E-state index contributed by atoms with van der Waals surface area (Å²) in [5.41, 5.74) is 1.41. The molecule has 0 spiro atoms. The van der Waals surface area contributed by atoms with Crippen LogP contribution in [0.2, 0.25) is 0 Å². The Morgan fingerprint density at radius 2 is 1.73 bits per heavy atom. The minimum atomic E-state index is -0.235. The molecular weight excluding hydrogens is 378 g/mol. The summed E-state index contributed by atoms with van der Waals surface area (Å²) in [4.78, 5) is 13.4. The van der Waals surface area contributed by atoms with Gasteiger partial charge in [0, 0.05) is 17.5 Å². The molecule has 0 amide bonds. The first-order chi connectivity index (χ1) is 14.5. The standard InChI is InChI=1S/C25H31NO4/c1-4-5-6-10-15-29-24-23(30-17-19-11-8-7-9-12-19)21-14-13-20(27)16-22(21)26(18(2)3)25(24)28/h7-9,11-14,16,18,27H,4-6,10,15,17H2,1-3H3. The van der Waals surface area contributed by atoms with E-state index in [1.165, 1.54) is 0 Å². The molecule has 0 unspecified atom stereocenters. The summed E-state index contributed by atoms with van der Waals surface area (Å²) in [5.74, 6) is 0.791. The van der Waals surface area contributed by atoms with E-state index in [1.807, 2.05) is 44.2 Å². The van der Waals surface area contributed by atoms with E-state index >= 15 is 0 Å². The van der Waals surface area contributed by atoms with Crippen molar-refractivity contribution in [1.82, 2.24) is 4.57 Å². The Hall–Kier alpha value is -2.95. The topological polar surface area (TPSA) is 60.7 Å². The third kappa shape index (κ3) is 4.96. The van der Waals surface area contributed by atoms with Crippen LogP contribution in [0.3, 0.4) is 0 Å². The van der Waals surface area contributed by atoms with Crippen LogP contribution in [0, 0.1) is 0 Å². The van der Waals surface area contributed by atoms with Crippen molar-refractivity contribution in [3.8, 4) is 17.2 Å². The van der Waals surface area contributed by atoms with Crippen molar-refractivity contribution in [1.29, 1.82) is 0 Å². The van der Waals surface area contributed by atoms with Crippen molar-refractivity contribution >= 4 is 10.9 Å². The number of aromatic hydroxyl groups is 1. The lowest BCUT2D eigenvalue weighted by atomic mass is 10.1. The summed E-state index contributed by atoms with van der Waals surface area (Å²) in [7, 11) is 0. The number of ether oxygens (including phenoxy) is 2. The van der Waals surface area contributed by atoms with Gasteiger partial charge in [-0.05, 0) is 38.0 Å². The summed E-state index contributed by atoms with van der Waals surface area (Å²) >= 11 is 0. The zero-order valence-electron chi connectivity index (χ0n) is 18.1. The molecule has 160 valence electrons. The van der Waals surface area contributed by atoms with Gasteiger partial charge in [0.2, 0.25) is 5.75 Å². The molecular formula is C25H31NO4. The van der Waals surface area contributed by atoms with E-state index in [9.17, 15) is 9.90 Å². The van der Waals surface area contributed by atoms with Gasteiger partial charge in [0.25, 0.3) is 5.56 Å². The molecule has 0 bridgehead atoms. The first-order valence-electron chi connectivity index (χ1n) is 10.7. The summed E-state index contributed by atoms with van der Waals surface area (Å²) in [6.07, 6.45) is 4.25. The van der Waals surface area contributed by atoms with Gasteiger partial charge >= 0.3 is 0 Å². The molecule has 1 aromatic heterocycles. The van der Waals surface area contributed by atoms with Crippen molar-refractivity contribution in [3.05, 3.63) is 64.4 Å². The number of pyridine rings is 1. The van der Waals surface area contributed by atoms with Gasteiger partial charge in [-0.25, -0.2) is 0 Å². The maximum atomic E-state index is 13.4. The first-order valence-corrected chi connectivity index (χ1v) is 10.7. The van der Waals surface area contributed by atoms with E-state index in [1.54, 1.807) is 22.8 Å². The minimum absolute atomic E-state index is 0.0904. The number of aromatic nitrogens is 1. The quantitative estimate of drug-likeness (QED) is 0.428. The maximum absolute atomic E-state index is 13.4. The van der Waals surface area contributed by atoms with Gasteiger partial charge in [-0.2, -0.15) is 0 Å². The first kappa shape index (κ1) is 21.8. The van der Waals surface area contributed by atoms with Gasteiger partial charge in [-0.15, -0.1) is 0 Å². The van der Waals surface area contributed by atoms with Crippen molar-refractivity contribution in [2.24, 2.45) is 0 Å². The second kappa shape index (κ2) is 10.2. The van der Waals surface area contributed by atoms with Crippen LogP contribution in [-0.4, -0.2) is 16.3 Å². The molecule has 3 aromatic rings. The second-order valence-electron chi connectivity index (χ2n) is 7.81. The average molecular weight is 410 g/mol. The summed E-state index contributed by atoms with van der Waals surface area (Å²) < 4.78 is 13.8. The molecule has 1 N–H and O–H groups in total. The van der Waals surface area contributed by atoms with Crippen LogP contribution in [0.15, 0.2) is 53.3 Å².